The minimum absolute atomic E-state index is 0.0312. The van der Waals surface area contributed by atoms with E-state index in [9.17, 15) is 23.4 Å². The van der Waals surface area contributed by atoms with E-state index in [1.807, 2.05) is 48.5 Å². The average Bonchev–Trinajstić information content (AvgIpc) is 3.66. The fourth-order valence-electron chi connectivity index (χ4n) is 5.67. The third kappa shape index (κ3) is 10.6. The van der Waals surface area contributed by atoms with E-state index in [2.05, 4.69) is 20.4 Å². The number of nitrogens with zero attached hydrogens (tertiary/aromatic N) is 3. The number of rotatable bonds is 19. The van der Waals surface area contributed by atoms with Crippen molar-refractivity contribution in [2.75, 3.05) is 46.1 Å². The molecule has 18 heteroatoms. The first-order valence-electron chi connectivity index (χ1n) is 17.3. The Bertz CT molecular complexity index is 2200. The lowest BCUT2D eigenvalue weighted by molar-refractivity contribution is -0.140. The molecular formula is C37H39Cl2N5O10S. The van der Waals surface area contributed by atoms with Crippen molar-refractivity contribution in [3.05, 3.63) is 99.5 Å². The van der Waals surface area contributed by atoms with Gasteiger partial charge in [-0.2, -0.15) is 12.7 Å². The van der Waals surface area contributed by atoms with Crippen LogP contribution in [0.2, 0.25) is 10.0 Å². The summed E-state index contributed by atoms with van der Waals surface area (Å²) >= 11 is 13.6. The molecule has 1 saturated heterocycles. The van der Waals surface area contributed by atoms with E-state index < -0.39 is 28.8 Å². The molecule has 1 atom stereocenters. The Balaban J connectivity index is 1.11. The van der Waals surface area contributed by atoms with Crippen molar-refractivity contribution >= 4 is 50.4 Å². The number of aromatic nitrogens is 2. The molecule has 1 aliphatic rings. The van der Waals surface area contributed by atoms with Crippen molar-refractivity contribution in [1.82, 2.24) is 24.7 Å². The number of carboxylic acid groups (broad SMARTS) is 1. The van der Waals surface area contributed by atoms with Gasteiger partial charge in [0.15, 0.2) is 0 Å². The van der Waals surface area contributed by atoms with Gasteiger partial charge in [0.2, 0.25) is 0 Å². The summed E-state index contributed by atoms with van der Waals surface area (Å²) in [6, 6.07) is 20.4. The molecule has 1 aromatic heterocycles. The zero-order chi connectivity index (χ0) is 38.8. The van der Waals surface area contributed by atoms with Crippen molar-refractivity contribution in [1.29, 1.82) is 0 Å². The molecule has 4 N–H and O–H groups in total. The monoisotopic (exact) mass is 815 g/mol. The first kappa shape index (κ1) is 40.2. The Hall–Kier alpha value is -4.52. The lowest BCUT2D eigenvalue weighted by Gasteiger charge is -2.26. The predicted molar refractivity (Wildman–Crippen MR) is 204 cm³/mol. The fraction of sp³-hybridized carbons (Fsp3) is 0.324. The molecule has 1 fully saturated rings. The van der Waals surface area contributed by atoms with Crippen LogP contribution in [0.25, 0.3) is 22.2 Å². The lowest BCUT2D eigenvalue weighted by Crippen LogP contribution is -2.46. The van der Waals surface area contributed by atoms with Gasteiger partial charge in [0.05, 0.1) is 36.5 Å². The molecule has 0 aliphatic carbocycles. The number of ether oxygens (including phenoxy) is 4. The Morgan fingerprint density at radius 2 is 1.69 bits per heavy atom. The molecule has 0 unspecified atom stereocenters. The van der Waals surface area contributed by atoms with Crippen molar-refractivity contribution in [3.8, 4) is 28.4 Å². The number of morpholine rings is 1. The summed E-state index contributed by atoms with van der Waals surface area (Å²) in [6.45, 7) is 1.57. The molecule has 0 radical (unpaired) electrons. The maximum atomic E-state index is 12.5. The lowest BCUT2D eigenvalue weighted by atomic mass is 10.0. The highest BCUT2D eigenvalue weighted by Crippen LogP contribution is 2.36. The van der Waals surface area contributed by atoms with Crippen LogP contribution < -0.4 is 24.2 Å². The summed E-state index contributed by atoms with van der Waals surface area (Å²) < 4.78 is 57.2. The normalized spacial score (nSPS) is 14.2. The molecule has 6 rings (SSSR count). The number of aliphatic carboxylic acids is 1. The Morgan fingerprint density at radius 3 is 2.49 bits per heavy atom. The topological polar surface area (TPSA) is 195 Å². The number of carboxylic acids is 1. The summed E-state index contributed by atoms with van der Waals surface area (Å²) in [4.78, 5) is 11.5. The number of benzene rings is 4. The molecule has 0 spiro atoms. The van der Waals surface area contributed by atoms with Crippen molar-refractivity contribution < 1.29 is 47.0 Å². The molecule has 55 heavy (non-hydrogen) atoms. The predicted octanol–water partition coefficient (Wildman–Crippen LogP) is 4.83. The number of fused-ring (bicyclic) bond motifs is 1. The second kappa shape index (κ2) is 18.9. The Kier molecular flexibility index (Phi) is 13.8. The second-order valence-electron chi connectivity index (χ2n) is 12.4. The van der Waals surface area contributed by atoms with E-state index in [-0.39, 0.29) is 31.3 Å². The number of halogens is 2. The summed E-state index contributed by atoms with van der Waals surface area (Å²) in [6.07, 6.45) is 0.468. The van der Waals surface area contributed by atoms with Crippen LogP contribution in [-0.2, 0) is 39.5 Å². The first-order chi connectivity index (χ1) is 26.6. The average molecular weight is 817 g/mol. The van der Waals surface area contributed by atoms with E-state index in [0.29, 0.717) is 83.8 Å². The van der Waals surface area contributed by atoms with Crippen LogP contribution in [-0.4, -0.2) is 91.3 Å². The standard InChI is InChI=1S/C37H39Cl2N5O10S/c38-30-18-27(20-40-33(21-45)37(46)47)34(52-22-24-8-9-31-32(16-24)43-54-42-31)19-35(30)53-23-26-5-2-7-29(36(26)39)25-4-1-6-28(17-25)51-13-3-10-41-55(48,49)44-11-14-50-15-12-44/h1-2,4-9,16-19,33,40-41,45H,3,10-15,20-23H2,(H,46,47)/t33-/m1/s1. The number of hydrogen-bond acceptors (Lipinski definition) is 12. The summed E-state index contributed by atoms with van der Waals surface area (Å²) in [5.41, 5.74) is 4.73. The van der Waals surface area contributed by atoms with Gasteiger partial charge >= 0.3 is 5.97 Å². The second-order valence-corrected chi connectivity index (χ2v) is 15.0. The highest BCUT2D eigenvalue weighted by Gasteiger charge is 2.23. The number of aliphatic hydroxyl groups is 1. The molecule has 15 nitrogen and oxygen atoms in total. The minimum Gasteiger partial charge on any atom is -0.494 e. The van der Waals surface area contributed by atoms with Crippen LogP contribution in [0.1, 0.15) is 23.1 Å². The summed E-state index contributed by atoms with van der Waals surface area (Å²) in [7, 11) is -3.56. The van der Waals surface area contributed by atoms with Gasteiger partial charge < -0.3 is 29.2 Å². The fourth-order valence-corrected chi connectivity index (χ4v) is 7.41. The van der Waals surface area contributed by atoms with Gasteiger partial charge in [0.25, 0.3) is 10.2 Å². The number of carbonyl (C=O) groups is 1. The highest BCUT2D eigenvalue weighted by molar-refractivity contribution is 7.87. The van der Waals surface area contributed by atoms with Crippen molar-refractivity contribution in [3.63, 3.8) is 0 Å². The largest absolute Gasteiger partial charge is 0.494 e. The molecule has 5 aromatic rings. The van der Waals surface area contributed by atoms with E-state index in [4.69, 9.17) is 46.8 Å². The zero-order valence-electron chi connectivity index (χ0n) is 29.4. The third-order valence-electron chi connectivity index (χ3n) is 8.64. The molecule has 292 valence electrons. The molecule has 0 bridgehead atoms. The molecular weight excluding hydrogens is 777 g/mol. The minimum atomic E-state index is -3.56. The van der Waals surface area contributed by atoms with Crippen LogP contribution in [0.3, 0.4) is 0 Å². The van der Waals surface area contributed by atoms with Gasteiger partial charge in [0, 0.05) is 48.9 Å². The van der Waals surface area contributed by atoms with Gasteiger partial charge in [-0.1, -0.05) is 59.6 Å². The Labute approximate surface area is 327 Å². The van der Waals surface area contributed by atoms with Gasteiger partial charge in [-0.3, -0.25) is 10.1 Å². The van der Waals surface area contributed by atoms with Crippen LogP contribution in [0.4, 0.5) is 0 Å². The van der Waals surface area contributed by atoms with Gasteiger partial charge in [0.1, 0.15) is 47.5 Å². The van der Waals surface area contributed by atoms with Crippen molar-refractivity contribution in [2.24, 2.45) is 0 Å². The number of hydrogen-bond donors (Lipinski definition) is 4. The van der Waals surface area contributed by atoms with Crippen LogP contribution in [0.15, 0.2) is 77.4 Å². The van der Waals surface area contributed by atoms with Crippen LogP contribution >= 0.6 is 23.2 Å². The maximum absolute atomic E-state index is 12.5. The van der Waals surface area contributed by atoms with E-state index in [1.165, 1.54) is 4.31 Å². The Morgan fingerprint density at radius 1 is 0.909 bits per heavy atom. The molecule has 0 amide bonds. The SMILES string of the molecule is O=C(O)[C@@H](CO)NCc1cc(Cl)c(OCc2cccc(-c3cccc(OCCCNS(=O)(=O)N4CCOCC4)c3)c2Cl)cc1OCc1ccc2nonc2c1. The van der Waals surface area contributed by atoms with E-state index >= 15 is 0 Å². The van der Waals surface area contributed by atoms with Crippen LogP contribution in [0, 0.1) is 0 Å². The van der Waals surface area contributed by atoms with E-state index in [1.54, 1.807) is 24.3 Å². The molecule has 4 aromatic carbocycles. The molecule has 1 aliphatic heterocycles. The molecule has 0 saturated carbocycles. The van der Waals surface area contributed by atoms with Gasteiger partial charge in [-0.25, -0.2) is 9.35 Å². The van der Waals surface area contributed by atoms with Crippen molar-refractivity contribution in [2.45, 2.75) is 32.2 Å². The van der Waals surface area contributed by atoms with Crippen LogP contribution in [0.5, 0.6) is 17.2 Å². The maximum Gasteiger partial charge on any atom is 0.323 e. The highest BCUT2D eigenvalue weighted by atomic mass is 35.5. The quantitative estimate of drug-likeness (QED) is 0.0830. The summed E-state index contributed by atoms with van der Waals surface area (Å²) in [5, 5.41) is 30.1. The van der Waals surface area contributed by atoms with Gasteiger partial charge in [-0.05, 0) is 58.2 Å². The summed E-state index contributed by atoms with van der Waals surface area (Å²) in [5.74, 6) is 0.0780. The number of nitrogens with one attached hydrogen (secondary N) is 2. The number of aliphatic hydroxyl groups excluding tert-OH is 1. The van der Waals surface area contributed by atoms with E-state index in [0.717, 1.165) is 16.7 Å². The van der Waals surface area contributed by atoms with Gasteiger partial charge in [-0.15, -0.1) is 0 Å². The zero-order valence-corrected chi connectivity index (χ0v) is 31.8. The first-order valence-corrected chi connectivity index (χ1v) is 19.5. The third-order valence-corrected chi connectivity index (χ3v) is 11.0. The smallest absolute Gasteiger partial charge is 0.323 e. The molecule has 2 heterocycles.